The molecule has 23 heavy (non-hydrogen) atoms. The number of aromatic nitrogens is 1. The molecule has 0 bridgehead atoms. The van der Waals surface area contributed by atoms with Crippen LogP contribution in [0.4, 0.5) is 5.69 Å². The molecule has 1 aromatic heterocycles. The molecule has 0 saturated heterocycles. The molecule has 0 radical (unpaired) electrons. The number of carbonyl (C=O) groups excluding carboxylic acids is 1. The second kappa shape index (κ2) is 8.21. The van der Waals surface area contributed by atoms with Crippen molar-refractivity contribution in [2.75, 3.05) is 11.1 Å². The van der Waals surface area contributed by atoms with E-state index in [0.717, 1.165) is 5.69 Å². The van der Waals surface area contributed by atoms with Crippen LogP contribution in [0.5, 0.6) is 0 Å². The van der Waals surface area contributed by atoms with Crippen molar-refractivity contribution in [1.29, 1.82) is 5.26 Å². The number of halogens is 2. The maximum absolute atomic E-state index is 11.9. The zero-order valence-electron chi connectivity index (χ0n) is 12.3. The Balaban J connectivity index is 1.89. The third-order valence-electron chi connectivity index (χ3n) is 2.89. The van der Waals surface area contributed by atoms with Gasteiger partial charge >= 0.3 is 0 Å². The number of thioether (sulfide) groups is 1. The minimum atomic E-state index is -0.137. The number of nitriles is 1. The summed E-state index contributed by atoms with van der Waals surface area (Å²) in [5.74, 6) is 0.389. The minimum absolute atomic E-state index is 0.137. The van der Waals surface area contributed by atoms with Crippen molar-refractivity contribution in [3.63, 3.8) is 0 Å². The molecule has 0 aliphatic carbocycles. The summed E-state index contributed by atoms with van der Waals surface area (Å²) in [4.78, 5) is 16.3. The predicted octanol–water partition coefficient (Wildman–Crippen LogP) is 4.69. The zero-order valence-corrected chi connectivity index (χ0v) is 14.6. The Hall–Kier alpha value is -1.74. The first-order valence-electron chi connectivity index (χ1n) is 6.75. The molecule has 1 heterocycles. The zero-order chi connectivity index (χ0) is 16.8. The summed E-state index contributed by atoms with van der Waals surface area (Å²) in [5, 5.41) is 13.3. The van der Waals surface area contributed by atoms with Crippen molar-refractivity contribution in [1.82, 2.24) is 4.98 Å². The van der Waals surface area contributed by atoms with E-state index in [-0.39, 0.29) is 5.91 Å². The summed E-state index contributed by atoms with van der Waals surface area (Å²) in [5.41, 5.74) is 1.96. The van der Waals surface area contributed by atoms with Crippen LogP contribution in [0.15, 0.2) is 35.4 Å². The van der Waals surface area contributed by atoms with Crippen LogP contribution in [-0.2, 0) is 4.79 Å². The van der Waals surface area contributed by atoms with Crippen LogP contribution in [-0.4, -0.2) is 16.6 Å². The Labute approximate surface area is 148 Å². The molecule has 1 aromatic carbocycles. The fourth-order valence-corrected chi connectivity index (χ4v) is 3.02. The van der Waals surface area contributed by atoms with E-state index in [2.05, 4.69) is 16.4 Å². The predicted molar refractivity (Wildman–Crippen MR) is 94.1 cm³/mol. The normalized spacial score (nSPS) is 10.2. The minimum Gasteiger partial charge on any atom is -0.326 e. The van der Waals surface area contributed by atoms with Gasteiger partial charge in [0.05, 0.1) is 15.6 Å². The van der Waals surface area contributed by atoms with E-state index in [1.165, 1.54) is 11.8 Å². The van der Waals surface area contributed by atoms with Crippen molar-refractivity contribution in [3.05, 3.63) is 51.6 Å². The molecule has 0 atom stereocenters. The summed E-state index contributed by atoms with van der Waals surface area (Å²) in [7, 11) is 0. The van der Waals surface area contributed by atoms with E-state index in [1.54, 1.807) is 30.3 Å². The highest BCUT2D eigenvalue weighted by molar-refractivity contribution is 7.99. The average Bonchev–Trinajstić information content (AvgIpc) is 2.51. The number of nitrogens with one attached hydrogen (secondary N) is 1. The maximum atomic E-state index is 11.9. The Bertz CT molecular complexity index is 774. The lowest BCUT2D eigenvalue weighted by Gasteiger charge is -2.07. The molecule has 118 valence electrons. The van der Waals surface area contributed by atoms with Crippen molar-refractivity contribution in [2.45, 2.75) is 18.4 Å². The number of benzene rings is 1. The summed E-state index contributed by atoms with van der Waals surface area (Å²) in [6.45, 7) is 1.86. The van der Waals surface area contributed by atoms with Crippen LogP contribution in [0.2, 0.25) is 10.0 Å². The fraction of sp³-hybridized carbons (Fsp3) is 0.188. The van der Waals surface area contributed by atoms with Gasteiger partial charge in [-0.25, -0.2) is 4.98 Å². The number of amides is 1. The van der Waals surface area contributed by atoms with Gasteiger partial charge < -0.3 is 5.32 Å². The van der Waals surface area contributed by atoms with Crippen LogP contribution in [0, 0.1) is 18.3 Å². The SMILES string of the molecule is Cc1ccc(C#N)c(SCCC(=O)Nc2ccc(Cl)c(Cl)c2)n1. The van der Waals surface area contributed by atoms with E-state index in [4.69, 9.17) is 28.5 Å². The monoisotopic (exact) mass is 365 g/mol. The van der Waals surface area contributed by atoms with Crippen molar-refractivity contribution in [3.8, 4) is 6.07 Å². The lowest BCUT2D eigenvalue weighted by molar-refractivity contribution is -0.115. The van der Waals surface area contributed by atoms with Crippen molar-refractivity contribution in [2.24, 2.45) is 0 Å². The number of rotatable bonds is 5. The topological polar surface area (TPSA) is 65.8 Å². The summed E-state index contributed by atoms with van der Waals surface area (Å²) in [6.07, 6.45) is 0.297. The quantitative estimate of drug-likeness (QED) is 0.780. The summed E-state index contributed by atoms with van der Waals surface area (Å²) >= 11 is 13.1. The third-order valence-corrected chi connectivity index (χ3v) is 4.62. The van der Waals surface area contributed by atoms with Gasteiger partial charge in [0.25, 0.3) is 0 Å². The second-order valence-electron chi connectivity index (χ2n) is 4.69. The van der Waals surface area contributed by atoms with Crippen LogP contribution >= 0.6 is 35.0 Å². The van der Waals surface area contributed by atoms with E-state index >= 15 is 0 Å². The molecule has 0 spiro atoms. The van der Waals surface area contributed by atoms with Gasteiger partial charge in [-0.2, -0.15) is 5.26 Å². The first-order valence-corrected chi connectivity index (χ1v) is 8.49. The Morgan fingerprint density at radius 3 is 2.78 bits per heavy atom. The van der Waals surface area contributed by atoms with Gasteiger partial charge in [0.2, 0.25) is 5.91 Å². The molecule has 7 heteroatoms. The molecule has 0 saturated carbocycles. The smallest absolute Gasteiger partial charge is 0.225 e. The van der Waals surface area contributed by atoms with Gasteiger partial charge in [-0.1, -0.05) is 23.2 Å². The largest absolute Gasteiger partial charge is 0.326 e. The van der Waals surface area contributed by atoms with E-state index in [9.17, 15) is 4.79 Å². The number of nitrogens with zero attached hydrogens (tertiary/aromatic N) is 2. The Morgan fingerprint density at radius 2 is 2.09 bits per heavy atom. The molecule has 0 aliphatic heterocycles. The molecule has 1 N–H and O–H groups in total. The summed E-state index contributed by atoms with van der Waals surface area (Å²) in [6, 6.07) is 10.5. The number of hydrogen-bond acceptors (Lipinski definition) is 4. The first-order chi connectivity index (χ1) is 11.0. The number of carbonyl (C=O) groups is 1. The van der Waals surface area contributed by atoms with Crippen LogP contribution in [0.25, 0.3) is 0 Å². The standard InChI is InChI=1S/C16H13Cl2N3OS/c1-10-2-3-11(9-19)16(20-10)23-7-6-15(22)21-12-4-5-13(17)14(18)8-12/h2-5,8H,6-7H2,1H3,(H,21,22). The van der Waals surface area contributed by atoms with Crippen LogP contribution in [0.1, 0.15) is 17.7 Å². The van der Waals surface area contributed by atoms with E-state index < -0.39 is 0 Å². The van der Waals surface area contributed by atoms with Crippen LogP contribution < -0.4 is 5.32 Å². The molecule has 2 rings (SSSR count). The highest BCUT2D eigenvalue weighted by Crippen LogP contribution is 2.25. The van der Waals surface area contributed by atoms with Gasteiger partial charge in [0, 0.05) is 23.6 Å². The molecule has 4 nitrogen and oxygen atoms in total. The summed E-state index contributed by atoms with van der Waals surface area (Å²) < 4.78 is 0. The molecule has 2 aromatic rings. The van der Waals surface area contributed by atoms with Crippen molar-refractivity contribution >= 4 is 46.6 Å². The number of aryl methyl sites for hydroxylation is 1. The number of hydrogen-bond donors (Lipinski definition) is 1. The Morgan fingerprint density at radius 1 is 1.30 bits per heavy atom. The van der Waals surface area contributed by atoms with Gasteiger partial charge in [-0.15, -0.1) is 11.8 Å². The molecule has 0 unspecified atom stereocenters. The molecule has 0 aliphatic rings. The number of pyridine rings is 1. The maximum Gasteiger partial charge on any atom is 0.225 e. The molecular weight excluding hydrogens is 353 g/mol. The van der Waals surface area contributed by atoms with Crippen molar-refractivity contribution < 1.29 is 4.79 Å². The molecule has 1 amide bonds. The lowest BCUT2D eigenvalue weighted by atomic mass is 10.3. The van der Waals surface area contributed by atoms with Gasteiger partial charge in [0.1, 0.15) is 11.1 Å². The Kier molecular flexibility index (Phi) is 6.28. The van der Waals surface area contributed by atoms with Gasteiger partial charge in [-0.05, 0) is 37.3 Å². The van der Waals surface area contributed by atoms with Crippen LogP contribution in [0.3, 0.4) is 0 Å². The lowest BCUT2D eigenvalue weighted by Crippen LogP contribution is -2.12. The average molecular weight is 366 g/mol. The number of anilines is 1. The molecule has 0 fully saturated rings. The highest BCUT2D eigenvalue weighted by Gasteiger charge is 2.08. The molecular formula is C16H13Cl2N3OS. The first kappa shape index (κ1) is 17.6. The van der Waals surface area contributed by atoms with E-state index in [1.807, 2.05) is 6.92 Å². The van der Waals surface area contributed by atoms with Gasteiger partial charge in [0.15, 0.2) is 0 Å². The second-order valence-corrected chi connectivity index (χ2v) is 6.59. The third kappa shape index (κ3) is 5.14. The fourth-order valence-electron chi connectivity index (χ4n) is 1.77. The highest BCUT2D eigenvalue weighted by atomic mass is 35.5. The van der Waals surface area contributed by atoms with E-state index in [0.29, 0.717) is 38.5 Å². The van der Waals surface area contributed by atoms with Gasteiger partial charge in [-0.3, -0.25) is 4.79 Å².